The number of anilines is 1. The van der Waals surface area contributed by atoms with E-state index in [0.717, 1.165) is 5.56 Å². The smallest absolute Gasteiger partial charge is 0.272 e. The Labute approximate surface area is 142 Å². The van der Waals surface area contributed by atoms with Crippen LogP contribution in [0.15, 0.2) is 29.3 Å². The second-order valence-corrected chi connectivity index (χ2v) is 5.84. The third kappa shape index (κ3) is 3.70. The number of alkyl halides is 2. The summed E-state index contributed by atoms with van der Waals surface area (Å²) in [5.41, 5.74) is 0.292. The van der Waals surface area contributed by atoms with Gasteiger partial charge in [-0.25, -0.2) is 13.8 Å². The topological polar surface area (TPSA) is 65.1 Å². The minimum atomic E-state index is -2.35. The van der Waals surface area contributed by atoms with Crippen LogP contribution in [0.25, 0.3) is 11.4 Å². The lowest BCUT2D eigenvalue weighted by Gasteiger charge is -2.35. The van der Waals surface area contributed by atoms with Crippen molar-refractivity contribution in [2.75, 3.05) is 37.6 Å². The van der Waals surface area contributed by atoms with Crippen LogP contribution in [-0.2, 0) is 0 Å². The molecule has 1 fully saturated rings. The van der Waals surface area contributed by atoms with Crippen molar-refractivity contribution in [2.45, 2.75) is 6.43 Å². The van der Waals surface area contributed by atoms with Gasteiger partial charge in [-0.3, -0.25) is 14.7 Å². The first-order chi connectivity index (χ1) is 11.5. The highest BCUT2D eigenvalue weighted by atomic mass is 35.5. The van der Waals surface area contributed by atoms with Crippen molar-refractivity contribution < 1.29 is 8.78 Å². The molecule has 6 nitrogen and oxygen atoms in total. The molecule has 0 spiro atoms. The standard InChI is InChI=1S/C15H16ClF2N5O/c16-12-14(23-7-5-22(6-8-23)9-11(17)18)20-13(21-15(12)24)10-1-3-19-4-2-10/h1-4,11H,5-9H2,(H,20,21,24). The highest BCUT2D eigenvalue weighted by Crippen LogP contribution is 2.24. The average Bonchev–Trinajstić information content (AvgIpc) is 2.58. The summed E-state index contributed by atoms with van der Waals surface area (Å²) in [7, 11) is 0. The van der Waals surface area contributed by atoms with Crippen molar-refractivity contribution in [1.29, 1.82) is 0 Å². The molecule has 2 aromatic rings. The van der Waals surface area contributed by atoms with Gasteiger partial charge in [0.1, 0.15) is 10.8 Å². The van der Waals surface area contributed by atoms with Gasteiger partial charge in [-0.15, -0.1) is 0 Å². The number of aromatic amines is 1. The Morgan fingerprint density at radius 3 is 2.50 bits per heavy atom. The van der Waals surface area contributed by atoms with E-state index < -0.39 is 12.0 Å². The second kappa shape index (κ2) is 7.23. The fourth-order valence-electron chi connectivity index (χ4n) is 2.64. The van der Waals surface area contributed by atoms with Gasteiger partial charge in [0.2, 0.25) is 0 Å². The Bertz CT molecular complexity index is 747. The Morgan fingerprint density at radius 1 is 1.21 bits per heavy atom. The van der Waals surface area contributed by atoms with E-state index in [2.05, 4.69) is 15.0 Å². The molecule has 0 amide bonds. The van der Waals surface area contributed by atoms with Crippen molar-refractivity contribution in [3.05, 3.63) is 39.9 Å². The van der Waals surface area contributed by atoms with Crippen LogP contribution in [-0.4, -0.2) is 59.0 Å². The van der Waals surface area contributed by atoms with E-state index in [4.69, 9.17) is 11.6 Å². The summed E-state index contributed by atoms with van der Waals surface area (Å²) in [4.78, 5) is 26.7. The van der Waals surface area contributed by atoms with Crippen molar-refractivity contribution in [2.24, 2.45) is 0 Å². The molecule has 1 N–H and O–H groups in total. The van der Waals surface area contributed by atoms with Gasteiger partial charge in [-0.1, -0.05) is 11.6 Å². The Kier molecular flexibility index (Phi) is 5.06. The van der Waals surface area contributed by atoms with E-state index in [9.17, 15) is 13.6 Å². The molecule has 9 heteroatoms. The maximum absolute atomic E-state index is 12.5. The summed E-state index contributed by atoms with van der Waals surface area (Å²) >= 11 is 6.11. The van der Waals surface area contributed by atoms with Gasteiger partial charge in [0.25, 0.3) is 12.0 Å². The Morgan fingerprint density at radius 2 is 1.88 bits per heavy atom. The van der Waals surface area contributed by atoms with Crippen molar-refractivity contribution in [1.82, 2.24) is 19.9 Å². The van der Waals surface area contributed by atoms with E-state index in [0.29, 0.717) is 37.8 Å². The average molecular weight is 356 g/mol. The van der Waals surface area contributed by atoms with Crippen molar-refractivity contribution in [3.63, 3.8) is 0 Å². The molecular formula is C15H16ClF2N5O. The van der Waals surface area contributed by atoms with Crippen LogP contribution in [0.3, 0.4) is 0 Å². The van der Waals surface area contributed by atoms with Gasteiger partial charge >= 0.3 is 0 Å². The normalized spacial score (nSPS) is 15.9. The molecule has 1 saturated heterocycles. The highest BCUT2D eigenvalue weighted by Gasteiger charge is 2.23. The van der Waals surface area contributed by atoms with Crippen LogP contribution in [0.5, 0.6) is 0 Å². The third-order valence-corrected chi connectivity index (χ3v) is 4.21. The number of nitrogens with zero attached hydrogens (tertiary/aromatic N) is 4. The first-order valence-corrected chi connectivity index (χ1v) is 7.88. The zero-order chi connectivity index (χ0) is 17.1. The number of piperazine rings is 1. The lowest BCUT2D eigenvalue weighted by atomic mass is 10.2. The summed E-state index contributed by atoms with van der Waals surface area (Å²) in [6, 6.07) is 3.47. The molecule has 0 unspecified atom stereocenters. The second-order valence-electron chi connectivity index (χ2n) is 5.47. The SMILES string of the molecule is O=c1[nH]c(-c2ccncc2)nc(N2CCN(CC(F)F)CC2)c1Cl. The van der Waals surface area contributed by atoms with E-state index in [1.54, 1.807) is 29.4 Å². The molecule has 0 radical (unpaired) electrons. The predicted molar refractivity (Wildman–Crippen MR) is 87.8 cm³/mol. The molecule has 3 rings (SSSR count). The minimum absolute atomic E-state index is 0.00937. The van der Waals surface area contributed by atoms with Crippen LogP contribution in [0, 0.1) is 0 Å². The van der Waals surface area contributed by atoms with Gasteiger partial charge < -0.3 is 9.88 Å². The van der Waals surface area contributed by atoms with Crippen molar-refractivity contribution >= 4 is 17.4 Å². The fraction of sp³-hybridized carbons (Fsp3) is 0.400. The lowest BCUT2D eigenvalue weighted by Crippen LogP contribution is -2.48. The Balaban J connectivity index is 1.84. The van der Waals surface area contributed by atoms with Crippen LogP contribution in [0.4, 0.5) is 14.6 Å². The van der Waals surface area contributed by atoms with Gasteiger partial charge in [-0.2, -0.15) is 0 Å². The third-order valence-electron chi connectivity index (χ3n) is 3.87. The molecule has 0 bridgehead atoms. The number of halogens is 3. The monoisotopic (exact) mass is 355 g/mol. The molecule has 3 heterocycles. The van der Waals surface area contributed by atoms with Gasteiger partial charge in [0.15, 0.2) is 5.82 Å². The number of nitrogens with one attached hydrogen (secondary N) is 1. The largest absolute Gasteiger partial charge is 0.353 e. The summed E-state index contributed by atoms with van der Waals surface area (Å²) in [6.07, 6.45) is 0.857. The summed E-state index contributed by atoms with van der Waals surface area (Å²) in [5, 5.41) is 0.00937. The van der Waals surface area contributed by atoms with Gasteiger partial charge in [-0.05, 0) is 12.1 Å². The number of aromatic nitrogens is 3. The minimum Gasteiger partial charge on any atom is -0.353 e. The predicted octanol–water partition coefficient (Wildman–Crippen LogP) is 1.87. The summed E-state index contributed by atoms with van der Waals surface area (Å²) in [6.45, 7) is 1.67. The van der Waals surface area contributed by atoms with Crippen LogP contribution < -0.4 is 10.5 Å². The van der Waals surface area contributed by atoms with Crippen LogP contribution in [0.1, 0.15) is 0 Å². The molecule has 0 saturated carbocycles. The molecule has 24 heavy (non-hydrogen) atoms. The number of hydrogen-bond donors (Lipinski definition) is 1. The molecule has 0 aromatic carbocycles. The quantitative estimate of drug-likeness (QED) is 0.907. The van der Waals surface area contributed by atoms with Gasteiger partial charge in [0.05, 0.1) is 6.54 Å². The maximum Gasteiger partial charge on any atom is 0.272 e. The number of rotatable bonds is 4. The van der Waals surface area contributed by atoms with Gasteiger partial charge in [0, 0.05) is 44.1 Å². The molecule has 2 aromatic heterocycles. The summed E-state index contributed by atoms with van der Waals surface area (Å²) in [5.74, 6) is 0.778. The Hall–Kier alpha value is -2.06. The fourth-order valence-corrected chi connectivity index (χ4v) is 2.85. The first kappa shape index (κ1) is 16.8. The summed E-state index contributed by atoms with van der Waals surface area (Å²) < 4.78 is 24.9. The van der Waals surface area contributed by atoms with Crippen LogP contribution in [0.2, 0.25) is 5.02 Å². The van der Waals surface area contributed by atoms with Crippen LogP contribution >= 0.6 is 11.6 Å². The molecular weight excluding hydrogens is 340 g/mol. The molecule has 1 aliphatic rings. The zero-order valence-corrected chi connectivity index (χ0v) is 13.5. The van der Waals surface area contributed by atoms with E-state index >= 15 is 0 Å². The first-order valence-electron chi connectivity index (χ1n) is 7.50. The number of pyridine rings is 1. The maximum atomic E-state index is 12.5. The zero-order valence-electron chi connectivity index (χ0n) is 12.8. The van der Waals surface area contributed by atoms with E-state index in [1.807, 2.05) is 4.90 Å². The molecule has 0 aliphatic carbocycles. The molecule has 128 valence electrons. The molecule has 0 atom stereocenters. The van der Waals surface area contributed by atoms with E-state index in [1.165, 1.54) is 0 Å². The number of H-pyrrole nitrogens is 1. The molecule has 1 aliphatic heterocycles. The highest BCUT2D eigenvalue weighted by molar-refractivity contribution is 6.32. The number of hydrogen-bond acceptors (Lipinski definition) is 5. The van der Waals surface area contributed by atoms with Crippen molar-refractivity contribution in [3.8, 4) is 11.4 Å². The van der Waals surface area contributed by atoms with E-state index in [-0.39, 0.29) is 11.6 Å². The lowest BCUT2D eigenvalue weighted by molar-refractivity contribution is 0.0854.